The Morgan fingerprint density at radius 3 is 2.57 bits per heavy atom. The van der Waals surface area contributed by atoms with Crippen LogP contribution < -0.4 is 5.32 Å². The highest BCUT2D eigenvalue weighted by atomic mass is 19.1. The summed E-state index contributed by atoms with van der Waals surface area (Å²) in [6, 6.07) is 9.12. The number of hydrogen-bond donors (Lipinski definition) is 1. The first kappa shape index (κ1) is 17.1. The summed E-state index contributed by atoms with van der Waals surface area (Å²) in [6.45, 7) is 4.74. The summed E-state index contributed by atoms with van der Waals surface area (Å²) in [4.78, 5) is 13.8. The van der Waals surface area contributed by atoms with Gasteiger partial charge in [0.1, 0.15) is 11.6 Å². The molecule has 3 nitrogen and oxygen atoms in total. The molecule has 1 N–H and O–H groups in total. The molecule has 0 saturated heterocycles. The van der Waals surface area contributed by atoms with E-state index in [1.807, 2.05) is 30.9 Å². The van der Waals surface area contributed by atoms with E-state index in [0.717, 1.165) is 29.3 Å². The molecule has 0 heterocycles. The number of hydrogen-bond acceptors (Lipinski definition) is 2. The zero-order valence-corrected chi connectivity index (χ0v) is 13.5. The van der Waals surface area contributed by atoms with Gasteiger partial charge in [-0.2, -0.15) is 0 Å². The number of likely N-dealkylation sites (N-methyl/N-ethyl adjacent to an activating group) is 1. The van der Waals surface area contributed by atoms with Crippen LogP contribution in [0.1, 0.15) is 16.7 Å². The summed E-state index contributed by atoms with van der Waals surface area (Å²) < 4.78 is 26.6. The zero-order valence-electron chi connectivity index (χ0n) is 13.5. The maximum atomic E-state index is 13.5. The van der Waals surface area contributed by atoms with Gasteiger partial charge < -0.3 is 5.32 Å². The number of aryl methyl sites for hydroxylation is 2. The van der Waals surface area contributed by atoms with Crippen molar-refractivity contribution in [2.45, 2.75) is 20.4 Å². The fourth-order valence-corrected chi connectivity index (χ4v) is 2.40. The van der Waals surface area contributed by atoms with Gasteiger partial charge in [0.25, 0.3) is 0 Å². The first-order valence-electron chi connectivity index (χ1n) is 7.34. The van der Waals surface area contributed by atoms with Gasteiger partial charge in [-0.05, 0) is 44.2 Å². The molecule has 23 heavy (non-hydrogen) atoms. The van der Waals surface area contributed by atoms with Crippen molar-refractivity contribution in [1.29, 1.82) is 0 Å². The van der Waals surface area contributed by atoms with Crippen molar-refractivity contribution < 1.29 is 13.6 Å². The van der Waals surface area contributed by atoms with Crippen LogP contribution in [0.3, 0.4) is 0 Å². The Balaban J connectivity index is 1.95. The molecule has 0 aromatic heterocycles. The number of halogens is 2. The molecule has 0 atom stereocenters. The summed E-state index contributed by atoms with van der Waals surface area (Å²) in [5.74, 6) is -1.64. The SMILES string of the molecule is Cc1ccc(CN(C)CC(=O)Nc2cc(F)ccc2F)c(C)c1. The monoisotopic (exact) mass is 318 g/mol. The normalized spacial score (nSPS) is 10.9. The number of nitrogens with one attached hydrogen (secondary N) is 1. The molecule has 0 unspecified atom stereocenters. The van der Waals surface area contributed by atoms with Gasteiger partial charge in [0.05, 0.1) is 12.2 Å². The molecule has 0 aliphatic heterocycles. The molecule has 122 valence electrons. The Morgan fingerprint density at radius 2 is 1.87 bits per heavy atom. The third-order valence-corrected chi connectivity index (χ3v) is 3.55. The van der Waals surface area contributed by atoms with Gasteiger partial charge in [0.2, 0.25) is 5.91 Å². The Morgan fingerprint density at radius 1 is 1.13 bits per heavy atom. The quantitative estimate of drug-likeness (QED) is 0.912. The molecule has 2 aromatic carbocycles. The van der Waals surface area contributed by atoms with E-state index in [-0.39, 0.29) is 18.1 Å². The lowest BCUT2D eigenvalue weighted by molar-refractivity contribution is -0.117. The van der Waals surface area contributed by atoms with Crippen LogP contribution in [0.5, 0.6) is 0 Å². The predicted octanol–water partition coefficient (Wildman–Crippen LogP) is 3.65. The second-order valence-corrected chi connectivity index (χ2v) is 5.77. The van der Waals surface area contributed by atoms with Crippen molar-refractivity contribution >= 4 is 11.6 Å². The average Bonchev–Trinajstić information content (AvgIpc) is 2.46. The fourth-order valence-electron chi connectivity index (χ4n) is 2.40. The lowest BCUT2D eigenvalue weighted by Gasteiger charge is -2.18. The Hall–Kier alpha value is -2.27. The van der Waals surface area contributed by atoms with Gasteiger partial charge in [-0.15, -0.1) is 0 Å². The minimum atomic E-state index is -0.656. The lowest BCUT2D eigenvalue weighted by Crippen LogP contribution is -2.30. The van der Waals surface area contributed by atoms with Gasteiger partial charge in [-0.1, -0.05) is 23.8 Å². The number of rotatable bonds is 5. The van der Waals surface area contributed by atoms with Crippen molar-refractivity contribution in [3.63, 3.8) is 0 Å². The number of carbonyl (C=O) groups excluding carboxylic acids is 1. The van der Waals surface area contributed by atoms with Crippen molar-refractivity contribution in [3.8, 4) is 0 Å². The first-order chi connectivity index (χ1) is 10.8. The molecular formula is C18H20F2N2O. The van der Waals surface area contributed by atoms with E-state index in [1.165, 1.54) is 5.56 Å². The summed E-state index contributed by atoms with van der Waals surface area (Å²) in [5.41, 5.74) is 3.33. The number of amides is 1. The Kier molecular flexibility index (Phi) is 5.45. The van der Waals surface area contributed by atoms with Gasteiger partial charge >= 0.3 is 0 Å². The predicted molar refractivity (Wildman–Crippen MR) is 87.2 cm³/mol. The van der Waals surface area contributed by atoms with Crippen molar-refractivity contribution in [2.24, 2.45) is 0 Å². The van der Waals surface area contributed by atoms with E-state index >= 15 is 0 Å². The highest BCUT2D eigenvalue weighted by Crippen LogP contribution is 2.16. The van der Waals surface area contributed by atoms with E-state index in [1.54, 1.807) is 7.05 Å². The van der Waals surface area contributed by atoms with E-state index in [2.05, 4.69) is 11.4 Å². The third kappa shape index (κ3) is 4.86. The van der Waals surface area contributed by atoms with Crippen LogP contribution in [-0.4, -0.2) is 24.4 Å². The summed E-state index contributed by atoms with van der Waals surface area (Å²) in [7, 11) is 1.81. The largest absolute Gasteiger partial charge is 0.322 e. The van der Waals surface area contributed by atoms with E-state index < -0.39 is 11.6 Å². The van der Waals surface area contributed by atoms with Crippen LogP contribution >= 0.6 is 0 Å². The molecule has 2 aromatic rings. The number of nitrogens with zero attached hydrogens (tertiary/aromatic N) is 1. The van der Waals surface area contributed by atoms with Gasteiger partial charge in [-0.3, -0.25) is 9.69 Å². The van der Waals surface area contributed by atoms with Crippen molar-refractivity contribution in [2.75, 3.05) is 18.9 Å². The first-order valence-corrected chi connectivity index (χ1v) is 7.34. The molecule has 0 aliphatic rings. The van der Waals surface area contributed by atoms with E-state index in [4.69, 9.17) is 0 Å². The minimum Gasteiger partial charge on any atom is -0.322 e. The smallest absolute Gasteiger partial charge is 0.238 e. The average molecular weight is 318 g/mol. The standard InChI is InChI=1S/C18H20F2N2O/c1-12-4-5-14(13(2)8-12)10-22(3)11-18(23)21-17-9-15(19)6-7-16(17)20/h4-9H,10-11H2,1-3H3,(H,21,23). The Bertz CT molecular complexity index is 716. The van der Waals surface area contributed by atoms with Crippen LogP contribution in [0.4, 0.5) is 14.5 Å². The van der Waals surface area contributed by atoms with Crippen LogP contribution in [0.25, 0.3) is 0 Å². The molecule has 2 rings (SSSR count). The number of carbonyl (C=O) groups is 1. The summed E-state index contributed by atoms with van der Waals surface area (Å²) >= 11 is 0. The molecule has 0 spiro atoms. The highest BCUT2D eigenvalue weighted by Gasteiger charge is 2.11. The number of benzene rings is 2. The van der Waals surface area contributed by atoms with E-state index in [0.29, 0.717) is 6.54 Å². The second-order valence-electron chi connectivity index (χ2n) is 5.77. The van der Waals surface area contributed by atoms with Crippen molar-refractivity contribution in [3.05, 3.63) is 64.7 Å². The Labute approximate surface area is 134 Å². The molecule has 5 heteroatoms. The number of anilines is 1. The molecular weight excluding hydrogens is 298 g/mol. The van der Waals surface area contributed by atoms with Crippen LogP contribution in [-0.2, 0) is 11.3 Å². The van der Waals surface area contributed by atoms with Crippen LogP contribution in [0, 0.1) is 25.5 Å². The molecule has 0 saturated carbocycles. The second kappa shape index (κ2) is 7.33. The van der Waals surface area contributed by atoms with Gasteiger partial charge in [-0.25, -0.2) is 8.78 Å². The minimum absolute atomic E-state index is 0.0866. The van der Waals surface area contributed by atoms with E-state index in [9.17, 15) is 13.6 Å². The maximum absolute atomic E-state index is 13.5. The van der Waals surface area contributed by atoms with Gasteiger partial charge in [0, 0.05) is 12.6 Å². The maximum Gasteiger partial charge on any atom is 0.238 e. The molecule has 0 radical (unpaired) electrons. The van der Waals surface area contributed by atoms with Crippen LogP contribution in [0.2, 0.25) is 0 Å². The molecule has 0 aliphatic carbocycles. The highest BCUT2D eigenvalue weighted by molar-refractivity contribution is 5.92. The summed E-state index contributed by atoms with van der Waals surface area (Å²) in [5, 5.41) is 2.40. The molecule has 1 amide bonds. The third-order valence-electron chi connectivity index (χ3n) is 3.55. The van der Waals surface area contributed by atoms with Crippen molar-refractivity contribution in [1.82, 2.24) is 4.90 Å². The molecule has 0 bridgehead atoms. The zero-order chi connectivity index (χ0) is 17.0. The van der Waals surface area contributed by atoms with Gasteiger partial charge in [0.15, 0.2) is 0 Å². The lowest BCUT2D eigenvalue weighted by atomic mass is 10.1. The fraction of sp³-hybridized carbons (Fsp3) is 0.278. The topological polar surface area (TPSA) is 32.3 Å². The summed E-state index contributed by atoms with van der Waals surface area (Å²) in [6.07, 6.45) is 0. The van der Waals surface area contributed by atoms with Crippen LogP contribution in [0.15, 0.2) is 36.4 Å². The molecule has 0 fully saturated rings.